The van der Waals surface area contributed by atoms with Crippen molar-refractivity contribution in [3.05, 3.63) is 106 Å². The fourth-order valence-electron chi connectivity index (χ4n) is 4.01. The molecule has 0 aliphatic rings. The molecule has 2 N–H and O–H groups in total. The van der Waals surface area contributed by atoms with E-state index in [9.17, 15) is 14.7 Å². The van der Waals surface area contributed by atoms with Gasteiger partial charge in [-0.1, -0.05) is 82.6 Å². The maximum Gasteiger partial charge on any atom is 0.358 e. The predicted molar refractivity (Wildman–Crippen MR) is 149 cm³/mol. The molecule has 0 atom stereocenters. The average Bonchev–Trinajstić information content (AvgIpc) is 3.65. The van der Waals surface area contributed by atoms with Crippen LogP contribution < -0.4 is 14.8 Å². The van der Waals surface area contributed by atoms with Gasteiger partial charge in [0.25, 0.3) is 5.91 Å². The Hall–Kier alpha value is -5.09. The van der Waals surface area contributed by atoms with Gasteiger partial charge >= 0.3 is 5.97 Å². The monoisotopic (exact) mass is 573 g/mol. The van der Waals surface area contributed by atoms with E-state index in [4.69, 9.17) is 30.1 Å². The summed E-state index contributed by atoms with van der Waals surface area (Å²) >= 11 is 6.66. The zero-order valence-electron chi connectivity index (χ0n) is 21.8. The lowest BCUT2D eigenvalue weighted by molar-refractivity contribution is 0.0685. The standard InChI is InChI=1S/C30H24ClN3O7/c1-2-32-29(35)27-26(25-14-22(30(36)37)33-40-25)28(41-34-27)20-13-21(31)24(39-17-19-11-7-4-8-12-19)15-23(20)38-16-18-9-5-3-6-10-18/h3-15H,2,16-17H2,1H3,(H,32,35)(H,36,37). The van der Waals surface area contributed by atoms with E-state index in [2.05, 4.69) is 15.6 Å². The van der Waals surface area contributed by atoms with Crippen LogP contribution in [0.4, 0.5) is 0 Å². The van der Waals surface area contributed by atoms with Crippen LogP contribution in [-0.2, 0) is 13.2 Å². The van der Waals surface area contributed by atoms with Crippen molar-refractivity contribution >= 4 is 23.5 Å². The lowest BCUT2D eigenvalue weighted by Crippen LogP contribution is -2.23. The number of hydrogen-bond donors (Lipinski definition) is 2. The largest absolute Gasteiger partial charge is 0.488 e. The van der Waals surface area contributed by atoms with Gasteiger partial charge < -0.3 is 28.9 Å². The smallest absolute Gasteiger partial charge is 0.358 e. The van der Waals surface area contributed by atoms with Gasteiger partial charge in [0.05, 0.1) is 10.6 Å². The molecule has 2 aromatic heterocycles. The highest BCUT2D eigenvalue weighted by molar-refractivity contribution is 6.32. The van der Waals surface area contributed by atoms with E-state index in [-0.39, 0.29) is 46.7 Å². The second-order valence-electron chi connectivity index (χ2n) is 8.80. The van der Waals surface area contributed by atoms with Crippen LogP contribution in [0.2, 0.25) is 5.02 Å². The van der Waals surface area contributed by atoms with E-state index in [0.717, 1.165) is 11.1 Å². The number of nitrogens with zero attached hydrogens (tertiary/aromatic N) is 2. The first-order valence-corrected chi connectivity index (χ1v) is 13.0. The number of benzene rings is 3. The number of nitrogens with one attached hydrogen (secondary N) is 1. The lowest BCUT2D eigenvalue weighted by Gasteiger charge is -2.15. The molecule has 5 aromatic rings. The molecule has 11 heteroatoms. The summed E-state index contributed by atoms with van der Waals surface area (Å²) in [5.74, 6) is -1.13. The van der Waals surface area contributed by atoms with Crippen LogP contribution in [0.5, 0.6) is 11.5 Å². The molecule has 0 bridgehead atoms. The fourth-order valence-corrected chi connectivity index (χ4v) is 4.23. The molecule has 208 valence electrons. The van der Waals surface area contributed by atoms with Gasteiger partial charge in [-0.15, -0.1) is 0 Å². The molecule has 41 heavy (non-hydrogen) atoms. The Morgan fingerprint density at radius 3 is 2.10 bits per heavy atom. The molecular weight excluding hydrogens is 550 g/mol. The molecule has 0 unspecified atom stereocenters. The number of amides is 1. The third-order valence-corrected chi connectivity index (χ3v) is 6.27. The first kappa shape index (κ1) is 27.5. The molecular formula is C30H24ClN3O7. The van der Waals surface area contributed by atoms with E-state index >= 15 is 0 Å². The van der Waals surface area contributed by atoms with Crippen molar-refractivity contribution in [2.75, 3.05) is 6.54 Å². The predicted octanol–water partition coefficient (Wildman–Crippen LogP) is 6.26. The van der Waals surface area contributed by atoms with Gasteiger partial charge in [-0.2, -0.15) is 0 Å². The highest BCUT2D eigenvalue weighted by atomic mass is 35.5. The van der Waals surface area contributed by atoms with Crippen molar-refractivity contribution in [3.63, 3.8) is 0 Å². The maximum atomic E-state index is 12.9. The molecule has 0 saturated heterocycles. The number of carbonyl (C=O) groups excluding carboxylic acids is 1. The Morgan fingerprint density at radius 1 is 0.878 bits per heavy atom. The van der Waals surface area contributed by atoms with Gasteiger partial charge in [0.15, 0.2) is 22.9 Å². The van der Waals surface area contributed by atoms with Crippen molar-refractivity contribution in [2.45, 2.75) is 20.1 Å². The summed E-state index contributed by atoms with van der Waals surface area (Å²) in [5, 5.41) is 19.8. The number of hydrogen-bond acceptors (Lipinski definition) is 8. The normalized spacial score (nSPS) is 10.8. The molecule has 3 aromatic carbocycles. The van der Waals surface area contributed by atoms with Gasteiger partial charge in [-0.05, 0) is 24.1 Å². The maximum absolute atomic E-state index is 12.9. The van der Waals surface area contributed by atoms with Crippen molar-refractivity contribution in [2.24, 2.45) is 0 Å². The van der Waals surface area contributed by atoms with E-state index in [1.165, 1.54) is 6.07 Å². The molecule has 10 nitrogen and oxygen atoms in total. The molecule has 0 aliphatic heterocycles. The Labute approximate surface area is 239 Å². The second kappa shape index (κ2) is 12.4. The van der Waals surface area contributed by atoms with Crippen LogP contribution in [0.1, 0.15) is 39.0 Å². The number of rotatable bonds is 11. The molecule has 0 radical (unpaired) electrons. The average molecular weight is 574 g/mol. The Bertz CT molecular complexity index is 1670. The van der Waals surface area contributed by atoms with E-state index in [0.29, 0.717) is 23.6 Å². The molecule has 0 spiro atoms. The fraction of sp³-hybridized carbons (Fsp3) is 0.133. The topological polar surface area (TPSA) is 137 Å². The van der Waals surface area contributed by atoms with Crippen LogP contribution in [0.15, 0.2) is 87.9 Å². The summed E-state index contributed by atoms with van der Waals surface area (Å²) in [6.45, 7) is 2.54. The summed E-state index contributed by atoms with van der Waals surface area (Å²) in [6, 6.07) is 23.5. The quantitative estimate of drug-likeness (QED) is 0.188. The zero-order chi connectivity index (χ0) is 28.8. The third-order valence-electron chi connectivity index (χ3n) is 5.97. The van der Waals surface area contributed by atoms with Crippen molar-refractivity contribution in [1.82, 2.24) is 15.6 Å². The van der Waals surface area contributed by atoms with E-state index < -0.39 is 11.9 Å². The minimum atomic E-state index is -1.30. The van der Waals surface area contributed by atoms with Crippen LogP contribution in [0.3, 0.4) is 0 Å². The van der Waals surface area contributed by atoms with Crippen LogP contribution in [0.25, 0.3) is 22.6 Å². The van der Waals surface area contributed by atoms with Crippen molar-refractivity contribution < 1.29 is 33.2 Å². The minimum Gasteiger partial charge on any atom is -0.488 e. The summed E-state index contributed by atoms with van der Waals surface area (Å²) in [6.07, 6.45) is 0. The molecule has 1 amide bonds. The number of carboxylic acid groups (broad SMARTS) is 1. The molecule has 0 aliphatic carbocycles. The summed E-state index contributed by atoms with van der Waals surface area (Å²) in [5.41, 5.74) is 1.81. The number of aromatic nitrogens is 2. The van der Waals surface area contributed by atoms with E-state index in [1.807, 2.05) is 60.7 Å². The highest BCUT2D eigenvalue weighted by Crippen LogP contribution is 2.44. The number of ether oxygens (including phenoxy) is 2. The van der Waals surface area contributed by atoms with Crippen LogP contribution in [-0.4, -0.2) is 33.8 Å². The first-order valence-electron chi connectivity index (χ1n) is 12.6. The third kappa shape index (κ3) is 6.23. The second-order valence-corrected chi connectivity index (χ2v) is 9.21. The van der Waals surface area contributed by atoms with Gasteiger partial charge in [-0.3, -0.25) is 4.79 Å². The number of carbonyl (C=O) groups is 2. The Morgan fingerprint density at radius 2 is 1.51 bits per heavy atom. The van der Waals surface area contributed by atoms with Gasteiger partial charge in [-0.25, -0.2) is 4.79 Å². The Balaban J connectivity index is 1.60. The first-order chi connectivity index (χ1) is 19.9. The lowest BCUT2D eigenvalue weighted by atomic mass is 10.0. The SMILES string of the molecule is CCNC(=O)c1noc(-c2cc(Cl)c(OCc3ccccc3)cc2OCc2ccccc2)c1-c1cc(C(=O)O)no1. The number of carboxylic acids is 1. The van der Waals surface area contributed by atoms with Crippen molar-refractivity contribution in [1.29, 1.82) is 0 Å². The van der Waals surface area contributed by atoms with Crippen LogP contribution >= 0.6 is 11.6 Å². The van der Waals surface area contributed by atoms with Gasteiger partial charge in [0.1, 0.15) is 30.3 Å². The van der Waals surface area contributed by atoms with Crippen molar-refractivity contribution in [3.8, 4) is 34.1 Å². The summed E-state index contributed by atoms with van der Waals surface area (Å²) in [7, 11) is 0. The van der Waals surface area contributed by atoms with Gasteiger partial charge in [0.2, 0.25) is 0 Å². The molecule has 2 heterocycles. The summed E-state index contributed by atoms with van der Waals surface area (Å²) in [4.78, 5) is 24.4. The zero-order valence-corrected chi connectivity index (χ0v) is 22.6. The molecule has 0 fully saturated rings. The highest BCUT2D eigenvalue weighted by Gasteiger charge is 2.30. The van der Waals surface area contributed by atoms with E-state index in [1.54, 1.807) is 19.1 Å². The Kier molecular flexibility index (Phi) is 8.31. The molecule has 0 saturated carbocycles. The molecule has 5 rings (SSSR count). The van der Waals surface area contributed by atoms with Gasteiger partial charge in [0, 0.05) is 18.7 Å². The summed E-state index contributed by atoms with van der Waals surface area (Å²) < 4.78 is 23.2. The number of aromatic carboxylic acids is 1. The minimum absolute atomic E-state index is 0.0329. The number of halogens is 1. The van der Waals surface area contributed by atoms with Crippen LogP contribution in [0, 0.1) is 0 Å².